The number of hydrogen-bond donors (Lipinski definition) is 1. The first-order valence-corrected chi connectivity index (χ1v) is 8.18. The second-order valence-electron chi connectivity index (χ2n) is 5.61. The molecule has 0 aromatic heterocycles. The van der Waals surface area contributed by atoms with Crippen molar-refractivity contribution < 1.29 is 32.2 Å². The zero-order valence-corrected chi connectivity index (χ0v) is 15.4. The summed E-state index contributed by atoms with van der Waals surface area (Å²) in [7, 11) is 1.09. The highest BCUT2D eigenvalue weighted by Gasteiger charge is 2.30. The van der Waals surface area contributed by atoms with Crippen molar-refractivity contribution in [3.8, 4) is 5.75 Å². The second kappa shape index (κ2) is 8.79. The summed E-state index contributed by atoms with van der Waals surface area (Å²) in [6.45, 7) is 3.93. The van der Waals surface area contributed by atoms with Crippen LogP contribution in [0.25, 0.3) is 5.57 Å². The number of carbonyl (C=O) groups excluding carboxylic acids is 2. The molecule has 5 nitrogen and oxygen atoms in total. The van der Waals surface area contributed by atoms with Crippen LogP contribution < -0.4 is 10.1 Å². The van der Waals surface area contributed by atoms with E-state index in [0.29, 0.717) is 33.8 Å². The molecule has 0 radical (unpaired) electrons. The van der Waals surface area contributed by atoms with E-state index in [4.69, 9.17) is 11.6 Å². The maximum Gasteiger partial charge on any atom is 0.573 e. The molecule has 0 aliphatic carbocycles. The fourth-order valence-electron chi connectivity index (χ4n) is 2.30. The van der Waals surface area contributed by atoms with Gasteiger partial charge in [-0.3, -0.25) is 4.79 Å². The van der Waals surface area contributed by atoms with Crippen LogP contribution in [0.15, 0.2) is 49.0 Å². The summed E-state index contributed by atoms with van der Waals surface area (Å²) >= 11 is 6.17. The summed E-state index contributed by atoms with van der Waals surface area (Å²) < 4.78 is 44.8. The highest BCUT2D eigenvalue weighted by Crippen LogP contribution is 2.29. The van der Waals surface area contributed by atoms with Gasteiger partial charge in [-0.2, -0.15) is 0 Å². The largest absolute Gasteiger partial charge is 0.573 e. The van der Waals surface area contributed by atoms with Gasteiger partial charge in [-0.15, -0.1) is 13.2 Å². The molecule has 28 heavy (non-hydrogen) atoms. The molecular formula is C19H15ClF3NO4. The number of allylic oxidation sites excluding steroid dienone is 1. The quantitative estimate of drug-likeness (QED) is 0.574. The summed E-state index contributed by atoms with van der Waals surface area (Å²) in [5.74, 6) is -2.31. The van der Waals surface area contributed by atoms with E-state index in [9.17, 15) is 22.8 Å². The predicted molar refractivity (Wildman–Crippen MR) is 98.0 cm³/mol. The number of halogens is 4. The van der Waals surface area contributed by atoms with Crippen LogP contribution in [-0.2, 0) is 20.7 Å². The van der Waals surface area contributed by atoms with Crippen molar-refractivity contribution in [2.24, 2.45) is 0 Å². The molecule has 2 aromatic rings. The van der Waals surface area contributed by atoms with Gasteiger partial charge in [0.25, 0.3) is 0 Å². The summed E-state index contributed by atoms with van der Waals surface area (Å²) in [6, 6.07) is 9.91. The first kappa shape index (κ1) is 21.3. The zero-order valence-electron chi connectivity index (χ0n) is 14.6. The van der Waals surface area contributed by atoms with Crippen molar-refractivity contribution in [1.82, 2.24) is 0 Å². The molecule has 0 aliphatic heterocycles. The molecule has 0 spiro atoms. The lowest BCUT2D eigenvalue weighted by Crippen LogP contribution is -2.23. The van der Waals surface area contributed by atoms with Crippen LogP contribution in [0, 0.1) is 0 Å². The first-order chi connectivity index (χ1) is 13.1. The maximum atomic E-state index is 12.2. The number of benzene rings is 2. The Labute approximate surface area is 163 Å². The molecule has 1 N–H and O–H groups in total. The van der Waals surface area contributed by atoms with Gasteiger partial charge in [0, 0.05) is 10.7 Å². The average molecular weight is 414 g/mol. The fourth-order valence-corrected chi connectivity index (χ4v) is 2.55. The number of alkyl halides is 3. The van der Waals surface area contributed by atoms with Gasteiger partial charge in [0.15, 0.2) is 0 Å². The van der Waals surface area contributed by atoms with Crippen LogP contribution >= 0.6 is 11.6 Å². The van der Waals surface area contributed by atoms with Crippen molar-refractivity contribution in [2.75, 3.05) is 12.4 Å². The van der Waals surface area contributed by atoms with E-state index in [-0.39, 0.29) is 5.75 Å². The zero-order chi connectivity index (χ0) is 20.9. The number of esters is 1. The summed E-state index contributed by atoms with van der Waals surface area (Å²) in [4.78, 5) is 22.8. The van der Waals surface area contributed by atoms with E-state index in [0.717, 1.165) is 7.11 Å². The second-order valence-corrected chi connectivity index (χ2v) is 6.02. The number of methoxy groups -OCH3 is 1. The normalized spacial score (nSPS) is 10.9. The lowest BCUT2D eigenvalue weighted by Gasteiger charge is -2.12. The van der Waals surface area contributed by atoms with Gasteiger partial charge >= 0.3 is 18.2 Å². The van der Waals surface area contributed by atoms with Gasteiger partial charge in [0.1, 0.15) is 5.75 Å². The van der Waals surface area contributed by atoms with Crippen LogP contribution in [0.1, 0.15) is 11.1 Å². The van der Waals surface area contributed by atoms with Gasteiger partial charge in [0.2, 0.25) is 0 Å². The van der Waals surface area contributed by atoms with Gasteiger partial charge in [0.05, 0.1) is 7.11 Å². The predicted octanol–water partition coefficient (Wildman–Crippen LogP) is 4.61. The van der Waals surface area contributed by atoms with E-state index in [2.05, 4.69) is 21.4 Å². The number of anilines is 1. The highest BCUT2D eigenvalue weighted by atomic mass is 35.5. The number of ether oxygens (including phenoxy) is 2. The van der Waals surface area contributed by atoms with Crippen LogP contribution in [0.2, 0.25) is 5.02 Å². The Bertz CT molecular complexity index is 895. The van der Waals surface area contributed by atoms with Crippen LogP contribution in [0.3, 0.4) is 0 Å². The van der Waals surface area contributed by atoms with Crippen LogP contribution in [0.4, 0.5) is 18.9 Å². The SMILES string of the molecule is C=C(Cc1ccc(OC(F)(F)F)cc1)c1cc(NC(=O)C(=O)OC)ccc1Cl. The topological polar surface area (TPSA) is 64.6 Å². The monoisotopic (exact) mass is 413 g/mol. The van der Waals surface area contributed by atoms with Crippen molar-refractivity contribution in [1.29, 1.82) is 0 Å². The lowest BCUT2D eigenvalue weighted by atomic mass is 9.99. The van der Waals surface area contributed by atoms with E-state index in [1.54, 1.807) is 0 Å². The Kier molecular flexibility index (Phi) is 6.69. The van der Waals surface area contributed by atoms with Gasteiger partial charge in [-0.25, -0.2) is 4.79 Å². The molecule has 2 rings (SSSR count). The Morgan fingerprint density at radius 2 is 1.79 bits per heavy atom. The summed E-state index contributed by atoms with van der Waals surface area (Å²) in [6.07, 6.45) is -4.46. The third-order valence-corrected chi connectivity index (χ3v) is 3.88. The fraction of sp³-hybridized carbons (Fsp3) is 0.158. The molecule has 9 heteroatoms. The molecule has 0 fully saturated rings. The van der Waals surface area contributed by atoms with Gasteiger partial charge < -0.3 is 14.8 Å². The molecule has 0 heterocycles. The molecule has 0 saturated heterocycles. The van der Waals surface area contributed by atoms with Gasteiger partial charge in [-0.05, 0) is 53.5 Å². The highest BCUT2D eigenvalue weighted by molar-refractivity contribution is 6.37. The minimum Gasteiger partial charge on any atom is -0.462 e. The minimum absolute atomic E-state index is 0.292. The Balaban J connectivity index is 2.12. The van der Waals surface area contributed by atoms with Crippen molar-refractivity contribution in [3.05, 3.63) is 65.2 Å². The van der Waals surface area contributed by atoms with E-state index >= 15 is 0 Å². The van der Waals surface area contributed by atoms with Crippen LogP contribution in [0.5, 0.6) is 5.75 Å². The van der Waals surface area contributed by atoms with Gasteiger partial charge in [-0.1, -0.05) is 30.3 Å². The number of nitrogens with one attached hydrogen (secondary N) is 1. The average Bonchev–Trinajstić information content (AvgIpc) is 2.62. The van der Waals surface area contributed by atoms with Crippen molar-refractivity contribution in [3.63, 3.8) is 0 Å². The Morgan fingerprint density at radius 3 is 2.36 bits per heavy atom. The third kappa shape index (κ3) is 6.02. The molecule has 148 valence electrons. The number of amides is 1. The number of carbonyl (C=O) groups is 2. The molecular weight excluding hydrogens is 399 g/mol. The molecule has 0 bridgehead atoms. The molecule has 0 aliphatic rings. The maximum absolute atomic E-state index is 12.2. The number of hydrogen-bond acceptors (Lipinski definition) is 4. The first-order valence-electron chi connectivity index (χ1n) is 7.80. The summed E-state index contributed by atoms with van der Waals surface area (Å²) in [5.41, 5.74) is 2.06. The number of rotatable bonds is 5. The molecule has 0 unspecified atom stereocenters. The molecule has 0 saturated carbocycles. The Morgan fingerprint density at radius 1 is 1.14 bits per heavy atom. The standard InChI is InChI=1S/C19H15ClF3NO4/c1-11(9-12-3-6-14(7-4-12)28-19(21,22)23)15-10-13(5-8-16(15)20)24-17(25)18(26)27-2/h3-8,10H,1,9H2,2H3,(H,24,25). The minimum atomic E-state index is -4.76. The molecule has 1 amide bonds. The van der Waals surface area contributed by atoms with E-state index in [1.165, 1.54) is 42.5 Å². The molecule has 2 aromatic carbocycles. The van der Waals surface area contributed by atoms with Crippen LogP contribution in [-0.4, -0.2) is 25.3 Å². The lowest BCUT2D eigenvalue weighted by molar-refractivity contribution is -0.274. The molecule has 0 atom stereocenters. The van der Waals surface area contributed by atoms with Crippen molar-refractivity contribution in [2.45, 2.75) is 12.8 Å². The summed E-state index contributed by atoms with van der Waals surface area (Å²) in [5, 5.41) is 2.73. The van der Waals surface area contributed by atoms with E-state index < -0.39 is 18.2 Å². The third-order valence-electron chi connectivity index (χ3n) is 3.55. The Hall–Kier alpha value is -3.00. The van der Waals surface area contributed by atoms with Crippen molar-refractivity contribution >= 4 is 34.7 Å². The smallest absolute Gasteiger partial charge is 0.462 e. The van der Waals surface area contributed by atoms with E-state index in [1.807, 2.05) is 0 Å².